The molecular weight excluding hydrogens is 246 g/mol. The number of urea groups is 1. The van der Waals surface area contributed by atoms with Gasteiger partial charge in [-0.1, -0.05) is 6.07 Å². The third-order valence-electron chi connectivity index (χ3n) is 3.20. The molecule has 6 nitrogen and oxygen atoms in total. The molecule has 0 aliphatic carbocycles. The van der Waals surface area contributed by atoms with Gasteiger partial charge in [-0.15, -0.1) is 0 Å². The van der Waals surface area contributed by atoms with Crippen LogP contribution in [0.25, 0.3) is 0 Å². The maximum atomic E-state index is 11.9. The van der Waals surface area contributed by atoms with E-state index in [0.717, 1.165) is 12.1 Å². The topological polar surface area (TPSA) is 82.5 Å². The van der Waals surface area contributed by atoms with Crippen molar-refractivity contribution in [1.82, 2.24) is 15.2 Å². The number of aliphatic carboxylic acids is 1. The average Bonchev–Trinajstić information content (AvgIpc) is 2.46. The zero-order chi connectivity index (χ0) is 13.7. The van der Waals surface area contributed by atoms with Crippen LogP contribution in [-0.2, 0) is 11.3 Å². The van der Waals surface area contributed by atoms with Gasteiger partial charge in [0, 0.05) is 19.3 Å². The van der Waals surface area contributed by atoms with E-state index in [-0.39, 0.29) is 12.6 Å². The lowest BCUT2D eigenvalue weighted by atomic mass is 9.99. The fraction of sp³-hybridized carbons (Fsp3) is 0.462. The zero-order valence-electron chi connectivity index (χ0n) is 10.6. The molecule has 2 heterocycles. The summed E-state index contributed by atoms with van der Waals surface area (Å²) in [6.07, 6.45) is 3.04. The number of nitrogens with one attached hydrogen (secondary N) is 1. The van der Waals surface area contributed by atoms with E-state index in [1.54, 1.807) is 11.1 Å². The second kappa shape index (κ2) is 6.17. The van der Waals surface area contributed by atoms with E-state index >= 15 is 0 Å². The highest BCUT2D eigenvalue weighted by molar-refractivity contribution is 5.76. The minimum absolute atomic E-state index is 0.225. The maximum absolute atomic E-state index is 11.9. The van der Waals surface area contributed by atoms with Gasteiger partial charge >= 0.3 is 12.0 Å². The van der Waals surface area contributed by atoms with Crippen molar-refractivity contribution in [2.24, 2.45) is 5.92 Å². The highest BCUT2D eigenvalue weighted by Crippen LogP contribution is 2.16. The monoisotopic (exact) mass is 263 g/mol. The molecular formula is C13H17N3O3. The number of piperidine rings is 1. The Morgan fingerprint density at radius 1 is 1.47 bits per heavy atom. The first-order valence-electron chi connectivity index (χ1n) is 6.32. The quantitative estimate of drug-likeness (QED) is 0.855. The maximum Gasteiger partial charge on any atom is 0.317 e. The minimum atomic E-state index is -0.831. The van der Waals surface area contributed by atoms with E-state index < -0.39 is 11.9 Å². The lowest BCUT2D eigenvalue weighted by Gasteiger charge is -2.30. The van der Waals surface area contributed by atoms with Crippen LogP contribution in [0.2, 0.25) is 0 Å². The van der Waals surface area contributed by atoms with Crippen LogP contribution in [0.5, 0.6) is 0 Å². The van der Waals surface area contributed by atoms with Crippen LogP contribution in [0.1, 0.15) is 18.5 Å². The Labute approximate surface area is 111 Å². The van der Waals surface area contributed by atoms with Crippen molar-refractivity contribution in [3.8, 4) is 0 Å². The normalized spacial score (nSPS) is 18.9. The summed E-state index contributed by atoms with van der Waals surface area (Å²) in [7, 11) is 0. The van der Waals surface area contributed by atoms with Crippen molar-refractivity contribution in [1.29, 1.82) is 0 Å². The van der Waals surface area contributed by atoms with Gasteiger partial charge in [0.25, 0.3) is 0 Å². The molecule has 0 bridgehead atoms. The molecule has 1 atom stereocenters. The first-order chi connectivity index (χ1) is 9.16. The summed E-state index contributed by atoms with van der Waals surface area (Å²) in [5.41, 5.74) is 0.780. The standard InChI is InChI=1S/C13H17N3O3/c17-12(18)10-4-3-7-16(9-10)13(19)15-8-11-5-1-2-6-14-11/h1-2,5-6,10H,3-4,7-9H2,(H,15,19)(H,17,18). The van der Waals surface area contributed by atoms with Crippen LogP contribution in [0.3, 0.4) is 0 Å². The molecule has 0 saturated carbocycles. The highest BCUT2D eigenvalue weighted by Gasteiger charge is 2.27. The molecule has 2 amide bonds. The third kappa shape index (κ3) is 3.67. The van der Waals surface area contributed by atoms with Crippen LogP contribution < -0.4 is 5.32 Å². The number of hydrogen-bond acceptors (Lipinski definition) is 3. The molecule has 0 aromatic carbocycles. The van der Waals surface area contributed by atoms with Gasteiger partial charge in [0.15, 0.2) is 0 Å². The molecule has 0 radical (unpaired) electrons. The predicted molar refractivity (Wildman–Crippen MR) is 68.4 cm³/mol. The predicted octanol–water partition coefficient (Wildman–Crippen LogP) is 1.09. The summed E-state index contributed by atoms with van der Waals surface area (Å²) in [5.74, 6) is -1.28. The van der Waals surface area contributed by atoms with Crippen molar-refractivity contribution in [2.45, 2.75) is 19.4 Å². The molecule has 19 heavy (non-hydrogen) atoms. The van der Waals surface area contributed by atoms with E-state index in [1.807, 2.05) is 18.2 Å². The van der Waals surface area contributed by atoms with Gasteiger partial charge in [0.05, 0.1) is 18.2 Å². The molecule has 6 heteroatoms. The van der Waals surface area contributed by atoms with Crippen LogP contribution in [-0.4, -0.2) is 40.1 Å². The summed E-state index contributed by atoms with van der Waals surface area (Å²) >= 11 is 0. The molecule has 1 aliphatic heterocycles. The van der Waals surface area contributed by atoms with Crippen molar-refractivity contribution in [3.05, 3.63) is 30.1 Å². The lowest BCUT2D eigenvalue weighted by Crippen LogP contribution is -2.46. The second-order valence-electron chi connectivity index (χ2n) is 4.60. The number of pyridine rings is 1. The molecule has 1 aromatic rings. The number of carbonyl (C=O) groups excluding carboxylic acids is 1. The van der Waals surface area contributed by atoms with E-state index in [4.69, 9.17) is 5.11 Å². The van der Waals surface area contributed by atoms with E-state index in [9.17, 15) is 9.59 Å². The van der Waals surface area contributed by atoms with Gasteiger partial charge in [0.1, 0.15) is 0 Å². The summed E-state index contributed by atoms with van der Waals surface area (Å²) in [5, 5.41) is 11.7. The van der Waals surface area contributed by atoms with E-state index in [0.29, 0.717) is 19.5 Å². The molecule has 102 valence electrons. The first-order valence-corrected chi connectivity index (χ1v) is 6.32. The third-order valence-corrected chi connectivity index (χ3v) is 3.20. The SMILES string of the molecule is O=C(O)C1CCCN(C(=O)NCc2ccccn2)C1. The molecule has 1 unspecified atom stereocenters. The Balaban J connectivity index is 1.84. The van der Waals surface area contributed by atoms with Gasteiger partial charge in [-0.25, -0.2) is 4.79 Å². The second-order valence-corrected chi connectivity index (χ2v) is 4.60. The number of hydrogen-bond donors (Lipinski definition) is 2. The van der Waals surface area contributed by atoms with Gasteiger partial charge < -0.3 is 15.3 Å². The number of amides is 2. The molecule has 1 aliphatic rings. The van der Waals surface area contributed by atoms with E-state index in [1.165, 1.54) is 0 Å². The smallest absolute Gasteiger partial charge is 0.317 e. The zero-order valence-corrected chi connectivity index (χ0v) is 10.6. The molecule has 2 rings (SSSR count). The van der Waals surface area contributed by atoms with Gasteiger partial charge in [-0.3, -0.25) is 9.78 Å². The van der Waals surface area contributed by atoms with Crippen LogP contribution >= 0.6 is 0 Å². The fourth-order valence-corrected chi connectivity index (χ4v) is 2.14. The van der Waals surface area contributed by atoms with E-state index in [2.05, 4.69) is 10.3 Å². The highest BCUT2D eigenvalue weighted by atomic mass is 16.4. The number of aromatic nitrogens is 1. The Hall–Kier alpha value is -2.11. The Morgan fingerprint density at radius 3 is 3.00 bits per heavy atom. The van der Waals surface area contributed by atoms with Crippen LogP contribution in [0.4, 0.5) is 4.79 Å². The number of carbonyl (C=O) groups is 2. The summed E-state index contributed by atoms with van der Waals surface area (Å²) in [6.45, 7) is 1.25. The summed E-state index contributed by atoms with van der Waals surface area (Å²) in [4.78, 5) is 28.5. The molecule has 1 aromatic heterocycles. The first kappa shape index (κ1) is 13.3. The minimum Gasteiger partial charge on any atom is -0.481 e. The number of likely N-dealkylation sites (tertiary alicyclic amines) is 1. The number of carboxylic acid groups (broad SMARTS) is 1. The molecule has 1 saturated heterocycles. The van der Waals surface area contributed by atoms with Crippen molar-refractivity contribution < 1.29 is 14.7 Å². The average molecular weight is 263 g/mol. The summed E-state index contributed by atoms with van der Waals surface area (Å²) < 4.78 is 0. The van der Waals surface area contributed by atoms with Crippen molar-refractivity contribution >= 4 is 12.0 Å². The van der Waals surface area contributed by atoms with Gasteiger partial charge in [-0.2, -0.15) is 0 Å². The number of carboxylic acids is 1. The lowest BCUT2D eigenvalue weighted by molar-refractivity contribution is -0.143. The Morgan fingerprint density at radius 2 is 2.32 bits per heavy atom. The molecule has 2 N–H and O–H groups in total. The number of rotatable bonds is 3. The van der Waals surface area contributed by atoms with Gasteiger partial charge in [0.2, 0.25) is 0 Å². The van der Waals surface area contributed by atoms with Crippen molar-refractivity contribution in [3.63, 3.8) is 0 Å². The molecule has 0 spiro atoms. The Kier molecular flexibility index (Phi) is 4.33. The number of nitrogens with zero attached hydrogens (tertiary/aromatic N) is 2. The Bertz CT molecular complexity index is 450. The van der Waals surface area contributed by atoms with Crippen molar-refractivity contribution in [2.75, 3.05) is 13.1 Å². The fourth-order valence-electron chi connectivity index (χ4n) is 2.14. The van der Waals surface area contributed by atoms with Gasteiger partial charge in [-0.05, 0) is 25.0 Å². The summed E-state index contributed by atoms with van der Waals surface area (Å²) in [6, 6.07) is 5.27. The van der Waals surface area contributed by atoms with Crippen LogP contribution in [0, 0.1) is 5.92 Å². The molecule has 1 fully saturated rings. The van der Waals surface area contributed by atoms with Crippen LogP contribution in [0.15, 0.2) is 24.4 Å². The largest absolute Gasteiger partial charge is 0.481 e.